The number of anilines is 2. The average Bonchev–Trinajstić information content (AvgIpc) is 2.51. The van der Waals surface area contributed by atoms with E-state index in [0.717, 1.165) is 11.3 Å². The van der Waals surface area contributed by atoms with Gasteiger partial charge in [0.2, 0.25) is 5.95 Å². The van der Waals surface area contributed by atoms with E-state index in [0.29, 0.717) is 16.7 Å². The van der Waals surface area contributed by atoms with Gasteiger partial charge in [-0.1, -0.05) is 23.7 Å². The fourth-order valence-corrected chi connectivity index (χ4v) is 1.89. The van der Waals surface area contributed by atoms with Crippen molar-refractivity contribution in [2.75, 3.05) is 5.32 Å². The van der Waals surface area contributed by atoms with E-state index in [1.807, 2.05) is 18.2 Å². The van der Waals surface area contributed by atoms with Gasteiger partial charge in [-0.15, -0.1) is 0 Å². The van der Waals surface area contributed by atoms with Crippen molar-refractivity contribution in [3.05, 3.63) is 66.1 Å². The second kappa shape index (κ2) is 5.55. The molecule has 0 unspecified atom stereocenters. The molecule has 0 aliphatic rings. The molecule has 3 aromatic rings. The van der Waals surface area contributed by atoms with Crippen LogP contribution < -0.4 is 5.32 Å². The molecule has 0 amide bonds. The van der Waals surface area contributed by atoms with Crippen LogP contribution in [0.15, 0.2) is 48.9 Å². The number of nitrogens with zero attached hydrogens (tertiary/aromatic N) is 3. The van der Waals surface area contributed by atoms with Crippen LogP contribution >= 0.6 is 11.6 Å². The maximum absolute atomic E-state index is 6.14. The van der Waals surface area contributed by atoms with E-state index in [1.54, 1.807) is 30.7 Å². The van der Waals surface area contributed by atoms with Gasteiger partial charge in [-0.3, -0.25) is 4.98 Å². The minimum atomic E-state index is 0.463. The number of hydrogen-bond acceptors (Lipinski definition) is 4. The molecule has 0 bridgehead atoms. The first-order chi connectivity index (χ1) is 9.83. The Morgan fingerprint density at radius 1 is 1.15 bits per heavy atom. The SMILES string of the molecule is Clc1cnc(Nc2cccnc2)nc1-c1cc#ccc1. The van der Waals surface area contributed by atoms with Crippen molar-refractivity contribution in [2.45, 2.75) is 0 Å². The van der Waals surface area contributed by atoms with Gasteiger partial charge in [0.1, 0.15) is 0 Å². The Balaban J connectivity index is 1.95. The fourth-order valence-electron chi connectivity index (χ4n) is 1.69. The van der Waals surface area contributed by atoms with Crippen molar-refractivity contribution in [1.82, 2.24) is 15.0 Å². The minimum Gasteiger partial charge on any atom is -0.323 e. The molecule has 4 nitrogen and oxygen atoms in total. The Hall–Kier alpha value is -2.64. The monoisotopic (exact) mass is 280 g/mol. The summed E-state index contributed by atoms with van der Waals surface area (Å²) >= 11 is 6.14. The van der Waals surface area contributed by atoms with Crippen LogP contribution in [0.1, 0.15) is 0 Å². The molecule has 0 saturated carbocycles. The lowest BCUT2D eigenvalue weighted by atomic mass is 10.2. The maximum atomic E-state index is 6.14. The second-order valence-corrected chi connectivity index (χ2v) is 4.39. The van der Waals surface area contributed by atoms with E-state index in [1.165, 1.54) is 0 Å². The predicted molar refractivity (Wildman–Crippen MR) is 77.7 cm³/mol. The van der Waals surface area contributed by atoms with Gasteiger partial charge in [0, 0.05) is 11.8 Å². The molecule has 2 aromatic heterocycles. The van der Waals surface area contributed by atoms with Crippen molar-refractivity contribution in [1.29, 1.82) is 0 Å². The summed E-state index contributed by atoms with van der Waals surface area (Å²) < 4.78 is 0. The van der Waals surface area contributed by atoms with Crippen molar-refractivity contribution in [3.8, 4) is 11.3 Å². The fraction of sp³-hybridized carbons (Fsp3) is 0. The third-order valence-corrected chi connectivity index (χ3v) is 2.87. The molecule has 5 heteroatoms. The first-order valence-electron chi connectivity index (χ1n) is 5.91. The topological polar surface area (TPSA) is 50.7 Å². The highest BCUT2D eigenvalue weighted by molar-refractivity contribution is 6.32. The molecule has 0 saturated heterocycles. The van der Waals surface area contributed by atoms with Gasteiger partial charge in [0.05, 0.1) is 28.8 Å². The molecule has 0 aliphatic heterocycles. The van der Waals surface area contributed by atoms with E-state index in [-0.39, 0.29) is 0 Å². The van der Waals surface area contributed by atoms with Crippen molar-refractivity contribution in [3.63, 3.8) is 0 Å². The molecule has 20 heavy (non-hydrogen) atoms. The molecule has 96 valence electrons. The number of pyridine rings is 1. The maximum Gasteiger partial charge on any atom is 0.227 e. The van der Waals surface area contributed by atoms with Crippen LogP contribution in [-0.4, -0.2) is 15.0 Å². The van der Waals surface area contributed by atoms with Crippen molar-refractivity contribution < 1.29 is 0 Å². The van der Waals surface area contributed by atoms with Gasteiger partial charge in [-0.2, -0.15) is 0 Å². The number of rotatable bonds is 3. The molecule has 3 rings (SSSR count). The Bertz CT molecular complexity index is 702. The van der Waals surface area contributed by atoms with Crippen LogP contribution in [0.4, 0.5) is 11.6 Å². The highest BCUT2D eigenvalue weighted by Crippen LogP contribution is 2.25. The van der Waals surface area contributed by atoms with Gasteiger partial charge in [0.15, 0.2) is 0 Å². The second-order valence-electron chi connectivity index (χ2n) is 3.98. The summed E-state index contributed by atoms with van der Waals surface area (Å²) in [7, 11) is 0. The Labute approximate surface area is 121 Å². The first kappa shape index (κ1) is 12.4. The lowest BCUT2D eigenvalue weighted by molar-refractivity contribution is 1.16. The van der Waals surface area contributed by atoms with Gasteiger partial charge in [-0.05, 0) is 30.3 Å². The summed E-state index contributed by atoms with van der Waals surface area (Å²) in [5, 5.41) is 3.57. The van der Waals surface area contributed by atoms with Crippen LogP contribution in [0.2, 0.25) is 5.02 Å². The molecular formula is C15H9ClN4. The number of nitrogens with one attached hydrogen (secondary N) is 1. The molecule has 1 aromatic carbocycles. The van der Waals surface area contributed by atoms with Gasteiger partial charge >= 0.3 is 0 Å². The number of hydrogen-bond donors (Lipinski definition) is 1. The largest absolute Gasteiger partial charge is 0.323 e. The number of aromatic nitrogens is 3. The standard InChI is InChI=1S/C15H9ClN4/c16-13-10-18-15(19-12-7-4-8-17-9-12)20-14(13)11-5-2-1-3-6-11/h2,4-10H,(H,18,19,20). The Morgan fingerprint density at radius 3 is 2.85 bits per heavy atom. The third kappa shape index (κ3) is 2.68. The smallest absolute Gasteiger partial charge is 0.227 e. The summed E-state index contributed by atoms with van der Waals surface area (Å²) in [5.74, 6) is 0.463. The molecule has 0 fully saturated rings. The van der Waals surface area contributed by atoms with Crippen molar-refractivity contribution >= 4 is 23.2 Å². The lowest BCUT2D eigenvalue weighted by Crippen LogP contribution is -1.98. The van der Waals surface area contributed by atoms with Gasteiger partial charge < -0.3 is 5.32 Å². The van der Waals surface area contributed by atoms with Crippen LogP contribution in [0, 0.1) is 12.1 Å². The van der Waals surface area contributed by atoms with Crippen LogP contribution in [0.5, 0.6) is 0 Å². The summed E-state index contributed by atoms with van der Waals surface area (Å²) in [6.07, 6.45) is 4.97. The highest BCUT2D eigenvalue weighted by atomic mass is 35.5. The summed E-state index contributed by atoms with van der Waals surface area (Å²) in [6, 6.07) is 14.9. The normalized spacial score (nSPS) is 9.85. The van der Waals surface area contributed by atoms with E-state index < -0.39 is 0 Å². The van der Waals surface area contributed by atoms with E-state index in [2.05, 4.69) is 32.4 Å². The predicted octanol–water partition coefficient (Wildman–Crippen LogP) is 3.54. The Morgan fingerprint density at radius 2 is 2.10 bits per heavy atom. The van der Waals surface area contributed by atoms with Crippen LogP contribution in [0.3, 0.4) is 0 Å². The molecular weight excluding hydrogens is 272 g/mol. The zero-order valence-corrected chi connectivity index (χ0v) is 11.1. The minimum absolute atomic E-state index is 0.463. The van der Waals surface area contributed by atoms with Gasteiger partial charge in [0.25, 0.3) is 0 Å². The van der Waals surface area contributed by atoms with Crippen LogP contribution in [-0.2, 0) is 0 Å². The highest BCUT2D eigenvalue weighted by Gasteiger charge is 2.07. The Kier molecular flexibility index (Phi) is 3.44. The third-order valence-electron chi connectivity index (χ3n) is 2.59. The van der Waals surface area contributed by atoms with Gasteiger partial charge in [-0.25, -0.2) is 9.97 Å². The number of halogens is 1. The molecule has 0 atom stereocenters. The summed E-state index contributed by atoms with van der Waals surface area (Å²) in [4.78, 5) is 12.6. The zero-order valence-electron chi connectivity index (χ0n) is 10.3. The average molecular weight is 281 g/mol. The van der Waals surface area contributed by atoms with E-state index in [9.17, 15) is 0 Å². The van der Waals surface area contributed by atoms with E-state index in [4.69, 9.17) is 11.6 Å². The first-order valence-corrected chi connectivity index (χ1v) is 6.28. The molecule has 1 N–H and O–H groups in total. The van der Waals surface area contributed by atoms with E-state index >= 15 is 0 Å². The summed E-state index contributed by atoms with van der Waals surface area (Å²) in [5.41, 5.74) is 2.33. The molecule has 0 radical (unpaired) electrons. The summed E-state index contributed by atoms with van der Waals surface area (Å²) in [6.45, 7) is 0. The lowest BCUT2D eigenvalue weighted by Gasteiger charge is -2.07. The molecule has 0 aliphatic carbocycles. The molecule has 2 heterocycles. The zero-order chi connectivity index (χ0) is 13.8. The van der Waals surface area contributed by atoms with Crippen molar-refractivity contribution in [2.24, 2.45) is 0 Å². The quantitative estimate of drug-likeness (QED) is 0.797. The van der Waals surface area contributed by atoms with Crippen LogP contribution in [0.25, 0.3) is 11.3 Å². The molecule has 0 spiro atoms.